The Morgan fingerprint density at radius 3 is 2.67 bits per heavy atom. The van der Waals surface area contributed by atoms with E-state index in [0.29, 0.717) is 6.04 Å². The standard InChI is InChI=1S/C9H20N2O/c1-8(12)6-9-7-10(2)4-5-11(9)3/h8-9,12H,4-7H2,1-3H3. The van der Waals surface area contributed by atoms with Crippen molar-refractivity contribution in [3.8, 4) is 0 Å². The van der Waals surface area contributed by atoms with Crippen LogP contribution < -0.4 is 0 Å². The molecule has 0 aromatic heterocycles. The molecule has 12 heavy (non-hydrogen) atoms. The SMILES string of the molecule is CC(O)CC1CN(C)CCN1C. The van der Waals surface area contributed by atoms with Gasteiger partial charge in [-0.1, -0.05) is 0 Å². The molecule has 0 aromatic carbocycles. The number of aliphatic hydroxyl groups excluding tert-OH is 1. The Kier molecular flexibility index (Phi) is 3.50. The van der Waals surface area contributed by atoms with Crippen LogP contribution in [0.2, 0.25) is 0 Å². The number of piperazine rings is 1. The fraction of sp³-hybridized carbons (Fsp3) is 1.00. The zero-order valence-electron chi connectivity index (χ0n) is 8.32. The Labute approximate surface area is 75.0 Å². The normalized spacial score (nSPS) is 30.5. The lowest BCUT2D eigenvalue weighted by molar-refractivity contribution is 0.0702. The molecule has 2 atom stereocenters. The first-order valence-electron chi connectivity index (χ1n) is 4.66. The Balaban J connectivity index is 2.38. The maximum atomic E-state index is 9.26. The Morgan fingerprint density at radius 2 is 2.08 bits per heavy atom. The summed E-state index contributed by atoms with van der Waals surface area (Å²) in [6, 6.07) is 0.531. The first-order chi connectivity index (χ1) is 5.59. The molecule has 72 valence electrons. The van der Waals surface area contributed by atoms with Gasteiger partial charge in [0.05, 0.1) is 6.10 Å². The van der Waals surface area contributed by atoms with Crippen LogP contribution in [0.15, 0.2) is 0 Å². The summed E-state index contributed by atoms with van der Waals surface area (Å²) in [4.78, 5) is 4.67. The minimum absolute atomic E-state index is 0.177. The van der Waals surface area contributed by atoms with Crippen LogP contribution in [0.3, 0.4) is 0 Å². The van der Waals surface area contributed by atoms with Crippen molar-refractivity contribution in [3.63, 3.8) is 0 Å². The van der Waals surface area contributed by atoms with Gasteiger partial charge in [0.2, 0.25) is 0 Å². The van der Waals surface area contributed by atoms with Crippen molar-refractivity contribution in [2.24, 2.45) is 0 Å². The second-order valence-corrected chi connectivity index (χ2v) is 3.98. The highest BCUT2D eigenvalue weighted by Gasteiger charge is 2.22. The Hall–Kier alpha value is -0.120. The van der Waals surface area contributed by atoms with Gasteiger partial charge in [-0.25, -0.2) is 0 Å². The van der Waals surface area contributed by atoms with Gasteiger partial charge in [0.25, 0.3) is 0 Å². The van der Waals surface area contributed by atoms with Gasteiger partial charge in [-0.2, -0.15) is 0 Å². The van der Waals surface area contributed by atoms with Crippen molar-refractivity contribution in [2.75, 3.05) is 33.7 Å². The van der Waals surface area contributed by atoms with Crippen LogP contribution in [0.1, 0.15) is 13.3 Å². The van der Waals surface area contributed by atoms with Gasteiger partial charge in [-0.3, -0.25) is 0 Å². The van der Waals surface area contributed by atoms with Crippen LogP contribution in [0.5, 0.6) is 0 Å². The van der Waals surface area contributed by atoms with Crippen LogP contribution in [0, 0.1) is 0 Å². The Morgan fingerprint density at radius 1 is 1.42 bits per heavy atom. The van der Waals surface area contributed by atoms with Gasteiger partial charge in [0.1, 0.15) is 0 Å². The van der Waals surface area contributed by atoms with E-state index in [1.54, 1.807) is 0 Å². The molecule has 0 bridgehead atoms. The molecule has 1 rings (SSSR count). The van der Waals surface area contributed by atoms with E-state index < -0.39 is 0 Å². The molecule has 0 amide bonds. The highest BCUT2D eigenvalue weighted by molar-refractivity contribution is 4.79. The lowest BCUT2D eigenvalue weighted by Gasteiger charge is -2.38. The van der Waals surface area contributed by atoms with E-state index in [4.69, 9.17) is 0 Å². The number of aliphatic hydroxyl groups is 1. The van der Waals surface area contributed by atoms with Crippen LogP contribution >= 0.6 is 0 Å². The smallest absolute Gasteiger partial charge is 0.0527 e. The van der Waals surface area contributed by atoms with E-state index in [9.17, 15) is 5.11 Å². The lowest BCUT2D eigenvalue weighted by Crippen LogP contribution is -2.50. The molecule has 3 heteroatoms. The maximum absolute atomic E-state index is 9.26. The van der Waals surface area contributed by atoms with Crippen LogP contribution in [0.25, 0.3) is 0 Å². The monoisotopic (exact) mass is 172 g/mol. The number of likely N-dealkylation sites (N-methyl/N-ethyl adjacent to an activating group) is 2. The molecule has 0 spiro atoms. The van der Waals surface area contributed by atoms with Crippen LogP contribution in [-0.4, -0.2) is 60.8 Å². The number of hydrogen-bond donors (Lipinski definition) is 1. The summed E-state index contributed by atoms with van der Waals surface area (Å²) < 4.78 is 0. The first kappa shape index (κ1) is 9.96. The lowest BCUT2D eigenvalue weighted by atomic mass is 10.1. The predicted molar refractivity (Wildman–Crippen MR) is 50.2 cm³/mol. The molecule has 0 radical (unpaired) electrons. The van der Waals surface area contributed by atoms with E-state index in [1.165, 1.54) is 0 Å². The van der Waals surface area contributed by atoms with Crippen molar-refractivity contribution >= 4 is 0 Å². The molecule has 0 aliphatic carbocycles. The second-order valence-electron chi connectivity index (χ2n) is 3.98. The van der Waals surface area contributed by atoms with Gasteiger partial charge < -0.3 is 14.9 Å². The second kappa shape index (κ2) is 4.21. The quantitative estimate of drug-likeness (QED) is 0.635. The van der Waals surface area contributed by atoms with Gasteiger partial charge in [0, 0.05) is 25.7 Å². The van der Waals surface area contributed by atoms with E-state index in [-0.39, 0.29) is 6.10 Å². The highest BCUT2D eigenvalue weighted by Crippen LogP contribution is 2.11. The average Bonchev–Trinajstić information content (AvgIpc) is 1.96. The molecule has 2 unspecified atom stereocenters. The van der Waals surface area contributed by atoms with Gasteiger partial charge in [-0.15, -0.1) is 0 Å². The molecule has 0 aromatic rings. The molecule has 1 aliphatic heterocycles. The van der Waals surface area contributed by atoms with Gasteiger partial charge in [0.15, 0.2) is 0 Å². The summed E-state index contributed by atoms with van der Waals surface area (Å²) in [7, 11) is 4.28. The third-order valence-corrected chi connectivity index (χ3v) is 2.59. The van der Waals surface area contributed by atoms with Crippen molar-refractivity contribution in [1.82, 2.24) is 9.80 Å². The van der Waals surface area contributed by atoms with Crippen molar-refractivity contribution < 1.29 is 5.11 Å². The molecular weight excluding hydrogens is 152 g/mol. The molecule has 1 saturated heterocycles. The largest absolute Gasteiger partial charge is 0.393 e. The topological polar surface area (TPSA) is 26.7 Å². The van der Waals surface area contributed by atoms with Crippen molar-refractivity contribution in [3.05, 3.63) is 0 Å². The first-order valence-corrected chi connectivity index (χ1v) is 4.66. The summed E-state index contributed by atoms with van der Waals surface area (Å²) >= 11 is 0. The van der Waals surface area contributed by atoms with Gasteiger partial charge in [-0.05, 0) is 27.4 Å². The third kappa shape index (κ3) is 2.73. The minimum atomic E-state index is -0.177. The summed E-state index contributed by atoms with van der Waals surface area (Å²) in [5, 5.41) is 9.26. The number of nitrogens with zero attached hydrogens (tertiary/aromatic N) is 2. The predicted octanol–water partition coefficient (Wildman–Crippen LogP) is 0.00310. The summed E-state index contributed by atoms with van der Waals surface area (Å²) in [6.07, 6.45) is 0.713. The van der Waals surface area contributed by atoms with E-state index in [2.05, 4.69) is 23.9 Å². The molecular formula is C9H20N2O. The fourth-order valence-corrected chi connectivity index (χ4v) is 1.75. The average molecular weight is 172 g/mol. The van der Waals surface area contributed by atoms with Gasteiger partial charge >= 0.3 is 0 Å². The number of hydrogen-bond acceptors (Lipinski definition) is 3. The zero-order valence-corrected chi connectivity index (χ0v) is 8.32. The molecule has 1 N–H and O–H groups in total. The number of rotatable bonds is 2. The molecule has 1 aliphatic rings. The zero-order chi connectivity index (χ0) is 9.14. The Bertz CT molecular complexity index is 136. The molecule has 3 nitrogen and oxygen atoms in total. The van der Waals surface area contributed by atoms with E-state index in [0.717, 1.165) is 26.1 Å². The maximum Gasteiger partial charge on any atom is 0.0527 e. The summed E-state index contributed by atoms with van der Waals surface area (Å²) in [6.45, 7) is 5.21. The summed E-state index contributed by atoms with van der Waals surface area (Å²) in [5.41, 5.74) is 0. The highest BCUT2D eigenvalue weighted by atomic mass is 16.3. The van der Waals surface area contributed by atoms with E-state index >= 15 is 0 Å². The molecule has 0 saturated carbocycles. The van der Waals surface area contributed by atoms with Crippen molar-refractivity contribution in [1.29, 1.82) is 0 Å². The van der Waals surface area contributed by atoms with Crippen LogP contribution in [0.4, 0.5) is 0 Å². The van der Waals surface area contributed by atoms with E-state index in [1.807, 2.05) is 6.92 Å². The van der Waals surface area contributed by atoms with Crippen LogP contribution in [-0.2, 0) is 0 Å². The molecule has 1 fully saturated rings. The third-order valence-electron chi connectivity index (χ3n) is 2.59. The van der Waals surface area contributed by atoms with Crippen molar-refractivity contribution in [2.45, 2.75) is 25.5 Å². The summed E-state index contributed by atoms with van der Waals surface area (Å²) in [5.74, 6) is 0. The minimum Gasteiger partial charge on any atom is -0.393 e. The fourth-order valence-electron chi connectivity index (χ4n) is 1.75. The molecule has 1 heterocycles.